The van der Waals surface area contributed by atoms with E-state index in [2.05, 4.69) is 42.0 Å². The molecule has 0 aromatic carbocycles. The van der Waals surface area contributed by atoms with Gasteiger partial charge in [-0.25, -0.2) is 0 Å². The normalized spacial score (nSPS) is 22.2. The Kier molecular flexibility index (Phi) is 3.70. The van der Waals surface area contributed by atoms with Crippen LogP contribution >= 0.6 is 11.6 Å². The fourth-order valence-electron chi connectivity index (χ4n) is 2.03. The summed E-state index contributed by atoms with van der Waals surface area (Å²) in [5.74, 6) is 0. The van der Waals surface area contributed by atoms with Crippen molar-refractivity contribution in [3.05, 3.63) is 29.6 Å². The minimum Gasteiger partial charge on any atom is -0.270 e. The van der Waals surface area contributed by atoms with E-state index in [1.54, 1.807) is 0 Å². The maximum Gasteiger partial charge on any atom is 0.0665 e. The molecule has 0 bridgehead atoms. The molecule has 0 radical (unpaired) electrons. The first kappa shape index (κ1) is 11.7. The zero-order chi connectivity index (χ0) is 11.5. The number of rotatable bonds is 4. The zero-order valence-corrected chi connectivity index (χ0v) is 10.7. The van der Waals surface area contributed by atoms with Crippen molar-refractivity contribution in [1.29, 1.82) is 0 Å². The van der Waals surface area contributed by atoms with Crippen molar-refractivity contribution in [3.63, 3.8) is 0 Å². The Morgan fingerprint density at radius 2 is 2.44 bits per heavy atom. The van der Waals surface area contributed by atoms with Crippen LogP contribution < -0.4 is 0 Å². The third-order valence-electron chi connectivity index (χ3n) is 3.27. The Labute approximate surface area is 102 Å². The summed E-state index contributed by atoms with van der Waals surface area (Å²) in [5, 5.41) is 4.84. The molecule has 16 heavy (non-hydrogen) atoms. The number of alkyl halides is 1. The fourth-order valence-corrected chi connectivity index (χ4v) is 2.32. The summed E-state index contributed by atoms with van der Waals surface area (Å²) in [5.41, 5.74) is 2.60. The van der Waals surface area contributed by atoms with Crippen LogP contribution in [0.3, 0.4) is 0 Å². The first-order chi connectivity index (χ1) is 7.69. The lowest BCUT2D eigenvalue weighted by Gasteiger charge is -2.08. The van der Waals surface area contributed by atoms with Crippen molar-refractivity contribution in [1.82, 2.24) is 9.78 Å². The van der Waals surface area contributed by atoms with Gasteiger partial charge in [0, 0.05) is 18.7 Å². The quantitative estimate of drug-likeness (QED) is 0.578. The Bertz CT molecular complexity index is 381. The molecule has 0 N–H and O–H groups in total. The third-order valence-corrected chi connectivity index (χ3v) is 3.62. The summed E-state index contributed by atoms with van der Waals surface area (Å²) < 4.78 is 2.06. The van der Waals surface area contributed by atoms with E-state index in [0.717, 1.165) is 31.4 Å². The molecule has 88 valence electrons. The summed E-state index contributed by atoms with van der Waals surface area (Å²) in [7, 11) is 0. The van der Waals surface area contributed by atoms with Gasteiger partial charge in [-0.15, -0.1) is 11.6 Å². The molecule has 2 rings (SSSR count). The first-order valence-electron chi connectivity index (χ1n) is 6.06. The molecule has 0 aliphatic heterocycles. The van der Waals surface area contributed by atoms with E-state index in [4.69, 9.17) is 11.6 Å². The van der Waals surface area contributed by atoms with Crippen LogP contribution in [-0.4, -0.2) is 15.2 Å². The van der Waals surface area contributed by atoms with Crippen LogP contribution in [0.1, 0.15) is 44.8 Å². The lowest BCUT2D eigenvalue weighted by molar-refractivity contribution is 0.474. The summed E-state index contributed by atoms with van der Waals surface area (Å²) in [6.45, 7) is 4.38. The van der Waals surface area contributed by atoms with Gasteiger partial charge in [0.2, 0.25) is 0 Å². The smallest absolute Gasteiger partial charge is 0.0665 e. The molecule has 1 heterocycles. The third kappa shape index (κ3) is 2.67. The van der Waals surface area contributed by atoms with Gasteiger partial charge in [0.25, 0.3) is 0 Å². The minimum atomic E-state index is 0.242. The lowest BCUT2D eigenvalue weighted by Crippen LogP contribution is -2.04. The number of nitrogens with zero attached hydrogens (tertiary/aromatic N) is 2. The molecule has 0 amide bonds. The molecular weight excluding hydrogens is 220 g/mol. The van der Waals surface area contributed by atoms with Crippen molar-refractivity contribution in [2.75, 3.05) is 0 Å². The Balaban J connectivity index is 2.00. The average Bonchev–Trinajstić information content (AvgIpc) is 2.87. The molecule has 0 fully saturated rings. The van der Waals surface area contributed by atoms with Crippen molar-refractivity contribution in [2.45, 2.75) is 50.9 Å². The molecule has 1 aromatic heterocycles. The molecule has 2 atom stereocenters. The molecule has 1 aromatic rings. The van der Waals surface area contributed by atoms with Crippen molar-refractivity contribution in [2.24, 2.45) is 0 Å². The van der Waals surface area contributed by atoms with Gasteiger partial charge in [0.05, 0.1) is 11.1 Å². The lowest BCUT2D eigenvalue weighted by atomic mass is 10.1. The van der Waals surface area contributed by atoms with Gasteiger partial charge in [0.1, 0.15) is 0 Å². The van der Waals surface area contributed by atoms with E-state index in [1.165, 1.54) is 5.57 Å². The van der Waals surface area contributed by atoms with Crippen molar-refractivity contribution < 1.29 is 0 Å². The summed E-state index contributed by atoms with van der Waals surface area (Å²) in [6.07, 6.45) is 8.56. The van der Waals surface area contributed by atoms with Gasteiger partial charge in [-0.05, 0) is 32.3 Å². The molecule has 0 spiro atoms. The van der Waals surface area contributed by atoms with Gasteiger partial charge in [-0.2, -0.15) is 5.10 Å². The second-order valence-corrected chi connectivity index (χ2v) is 5.16. The van der Waals surface area contributed by atoms with Gasteiger partial charge in [-0.3, -0.25) is 4.68 Å². The molecule has 1 aliphatic rings. The highest BCUT2D eigenvalue weighted by atomic mass is 35.5. The molecule has 3 heteroatoms. The van der Waals surface area contributed by atoms with E-state index in [-0.39, 0.29) is 5.38 Å². The SMILES string of the molecule is CCC(C)n1ccc(CC2=CC(Cl)CC2)n1. The first-order valence-corrected chi connectivity index (χ1v) is 6.50. The van der Waals surface area contributed by atoms with E-state index < -0.39 is 0 Å². The molecule has 2 unspecified atom stereocenters. The second-order valence-electron chi connectivity index (χ2n) is 4.60. The number of hydrogen-bond donors (Lipinski definition) is 0. The number of aromatic nitrogens is 2. The number of hydrogen-bond acceptors (Lipinski definition) is 1. The van der Waals surface area contributed by atoms with Gasteiger partial charge < -0.3 is 0 Å². The summed E-state index contributed by atoms with van der Waals surface area (Å²) in [6, 6.07) is 2.61. The van der Waals surface area contributed by atoms with Crippen LogP contribution in [0, 0.1) is 0 Å². The molecular formula is C13H19ClN2. The number of allylic oxidation sites excluding steroid dienone is 2. The minimum absolute atomic E-state index is 0.242. The van der Waals surface area contributed by atoms with Crippen LogP contribution in [0.15, 0.2) is 23.9 Å². The highest BCUT2D eigenvalue weighted by Crippen LogP contribution is 2.25. The molecule has 2 nitrogen and oxygen atoms in total. The van der Waals surface area contributed by atoms with E-state index in [0.29, 0.717) is 6.04 Å². The fraction of sp³-hybridized carbons (Fsp3) is 0.615. The summed E-state index contributed by atoms with van der Waals surface area (Å²) >= 11 is 6.05. The standard InChI is InChI=1S/C13H19ClN2/c1-3-10(2)16-7-6-13(15-16)9-11-4-5-12(14)8-11/h6-8,10,12H,3-5,9H2,1-2H3. The molecule has 1 aliphatic carbocycles. The van der Waals surface area contributed by atoms with E-state index in [9.17, 15) is 0 Å². The number of halogens is 1. The van der Waals surface area contributed by atoms with Crippen LogP contribution in [0.4, 0.5) is 0 Å². The predicted molar refractivity (Wildman–Crippen MR) is 67.9 cm³/mol. The maximum atomic E-state index is 6.05. The highest BCUT2D eigenvalue weighted by molar-refractivity contribution is 6.22. The van der Waals surface area contributed by atoms with Gasteiger partial charge in [0.15, 0.2) is 0 Å². The van der Waals surface area contributed by atoms with E-state index >= 15 is 0 Å². The van der Waals surface area contributed by atoms with Crippen LogP contribution in [0.2, 0.25) is 0 Å². The van der Waals surface area contributed by atoms with Crippen LogP contribution in [0.5, 0.6) is 0 Å². The van der Waals surface area contributed by atoms with Gasteiger partial charge in [-0.1, -0.05) is 18.6 Å². The van der Waals surface area contributed by atoms with Crippen molar-refractivity contribution in [3.8, 4) is 0 Å². The van der Waals surface area contributed by atoms with Crippen molar-refractivity contribution >= 4 is 11.6 Å². The topological polar surface area (TPSA) is 17.8 Å². The largest absolute Gasteiger partial charge is 0.270 e. The second kappa shape index (κ2) is 5.05. The summed E-state index contributed by atoms with van der Waals surface area (Å²) in [4.78, 5) is 0. The highest BCUT2D eigenvalue weighted by Gasteiger charge is 2.14. The van der Waals surface area contributed by atoms with E-state index in [1.807, 2.05) is 0 Å². The Morgan fingerprint density at radius 1 is 1.62 bits per heavy atom. The molecule has 0 saturated heterocycles. The average molecular weight is 239 g/mol. The Morgan fingerprint density at radius 3 is 3.06 bits per heavy atom. The van der Waals surface area contributed by atoms with Crippen LogP contribution in [-0.2, 0) is 6.42 Å². The van der Waals surface area contributed by atoms with Gasteiger partial charge >= 0.3 is 0 Å². The maximum absolute atomic E-state index is 6.05. The molecule has 0 saturated carbocycles. The zero-order valence-electron chi connectivity index (χ0n) is 9.99. The predicted octanol–water partition coefficient (Wildman–Crippen LogP) is 3.72. The monoisotopic (exact) mass is 238 g/mol. The Hall–Kier alpha value is -0.760. The van der Waals surface area contributed by atoms with Crippen LogP contribution in [0.25, 0.3) is 0 Å².